The summed E-state index contributed by atoms with van der Waals surface area (Å²) in [5, 5.41) is 18.0. The van der Waals surface area contributed by atoms with Gasteiger partial charge >= 0.3 is 0 Å². The topological polar surface area (TPSA) is 62.5 Å². The minimum atomic E-state index is -0.801. The Labute approximate surface area is 99.2 Å². The van der Waals surface area contributed by atoms with Crippen LogP contribution in [0.4, 0.5) is 4.39 Å². The van der Waals surface area contributed by atoms with Gasteiger partial charge in [-0.1, -0.05) is 0 Å². The third-order valence-electron chi connectivity index (χ3n) is 2.01. The van der Waals surface area contributed by atoms with Crippen molar-refractivity contribution in [1.29, 1.82) is 5.26 Å². The molecule has 1 rings (SSSR count). The van der Waals surface area contributed by atoms with Gasteiger partial charge in [-0.05, 0) is 25.1 Å². The van der Waals surface area contributed by atoms with Crippen molar-refractivity contribution in [2.75, 3.05) is 19.8 Å². The molecule has 0 aliphatic carbocycles. The van der Waals surface area contributed by atoms with E-state index in [1.807, 2.05) is 13.0 Å². The number of nitrogens with zero attached hydrogens (tertiary/aromatic N) is 1. The molecule has 0 saturated heterocycles. The van der Waals surface area contributed by atoms with Gasteiger partial charge in [0.15, 0.2) is 11.6 Å². The predicted octanol–water partition coefficient (Wildman–Crippen LogP) is 1.47. The molecule has 0 spiro atoms. The van der Waals surface area contributed by atoms with Crippen LogP contribution in [0.15, 0.2) is 18.2 Å². The van der Waals surface area contributed by atoms with Crippen LogP contribution >= 0.6 is 0 Å². The zero-order valence-corrected chi connectivity index (χ0v) is 9.52. The van der Waals surface area contributed by atoms with Crippen molar-refractivity contribution in [1.82, 2.24) is 0 Å². The number of aliphatic hydroxyl groups is 1. The minimum Gasteiger partial charge on any atom is -0.488 e. The number of hydrogen-bond acceptors (Lipinski definition) is 4. The molecule has 0 heterocycles. The summed E-state index contributed by atoms with van der Waals surface area (Å²) in [6, 6.07) is 5.72. The maximum atomic E-state index is 13.4. The van der Waals surface area contributed by atoms with Crippen LogP contribution in [-0.4, -0.2) is 31.0 Å². The highest BCUT2D eigenvalue weighted by atomic mass is 19.1. The van der Waals surface area contributed by atoms with Crippen molar-refractivity contribution in [2.24, 2.45) is 0 Å². The molecule has 4 nitrogen and oxygen atoms in total. The number of ether oxygens (including phenoxy) is 2. The maximum Gasteiger partial charge on any atom is 0.166 e. The lowest BCUT2D eigenvalue weighted by molar-refractivity contribution is 0.0157. The van der Waals surface area contributed by atoms with Gasteiger partial charge in [0.05, 0.1) is 18.2 Å². The van der Waals surface area contributed by atoms with E-state index in [4.69, 9.17) is 14.7 Å². The second-order valence-corrected chi connectivity index (χ2v) is 3.38. The van der Waals surface area contributed by atoms with E-state index in [1.165, 1.54) is 12.1 Å². The monoisotopic (exact) mass is 239 g/mol. The Morgan fingerprint density at radius 2 is 2.24 bits per heavy atom. The average molecular weight is 239 g/mol. The van der Waals surface area contributed by atoms with Crippen molar-refractivity contribution in [2.45, 2.75) is 13.0 Å². The standard InChI is InChI=1S/C12H14FNO3/c1-2-16-7-10(15)8-17-12-4-3-9(6-14)5-11(12)13/h3-5,10,15H,2,7-8H2,1H3. The molecule has 1 N–H and O–H groups in total. The van der Waals surface area contributed by atoms with E-state index in [9.17, 15) is 9.50 Å². The molecule has 92 valence electrons. The molecule has 0 fully saturated rings. The normalized spacial score (nSPS) is 11.9. The molecule has 0 aromatic heterocycles. The number of halogens is 1. The van der Waals surface area contributed by atoms with Gasteiger partial charge in [-0.25, -0.2) is 4.39 Å². The van der Waals surface area contributed by atoms with Crippen molar-refractivity contribution in [3.63, 3.8) is 0 Å². The summed E-state index contributed by atoms with van der Waals surface area (Å²) in [5.41, 5.74) is 0.227. The minimum absolute atomic E-state index is 0.0135. The molecule has 0 radical (unpaired) electrons. The lowest BCUT2D eigenvalue weighted by Gasteiger charge is -2.12. The van der Waals surface area contributed by atoms with Crippen LogP contribution in [0, 0.1) is 17.1 Å². The van der Waals surface area contributed by atoms with E-state index < -0.39 is 11.9 Å². The van der Waals surface area contributed by atoms with E-state index in [1.54, 1.807) is 0 Å². The van der Waals surface area contributed by atoms with Crippen LogP contribution < -0.4 is 4.74 Å². The van der Waals surface area contributed by atoms with Crippen molar-refractivity contribution in [3.8, 4) is 11.8 Å². The van der Waals surface area contributed by atoms with Gasteiger partial charge in [0.1, 0.15) is 12.7 Å². The Bertz CT molecular complexity index is 403. The Balaban J connectivity index is 2.49. The summed E-state index contributed by atoms with van der Waals surface area (Å²) in [6.07, 6.45) is -0.801. The molecule has 1 atom stereocenters. The second kappa shape index (κ2) is 6.84. The number of benzene rings is 1. The molecule has 0 bridgehead atoms. The molecule has 0 amide bonds. The summed E-state index contributed by atoms with van der Waals surface area (Å²) in [6.45, 7) is 2.41. The first-order valence-corrected chi connectivity index (χ1v) is 5.25. The Kier molecular flexibility index (Phi) is 5.40. The zero-order valence-electron chi connectivity index (χ0n) is 9.52. The van der Waals surface area contributed by atoms with Gasteiger partial charge in [-0.2, -0.15) is 5.26 Å². The third-order valence-corrected chi connectivity index (χ3v) is 2.01. The number of nitriles is 1. The molecule has 1 aromatic rings. The fraction of sp³-hybridized carbons (Fsp3) is 0.417. The van der Waals surface area contributed by atoms with E-state index in [0.717, 1.165) is 6.07 Å². The van der Waals surface area contributed by atoms with Crippen LogP contribution in [0.25, 0.3) is 0 Å². The van der Waals surface area contributed by atoms with Gasteiger partial charge in [0.25, 0.3) is 0 Å². The molecule has 1 aromatic carbocycles. The molecule has 0 aliphatic heterocycles. The van der Waals surface area contributed by atoms with E-state index in [-0.39, 0.29) is 24.5 Å². The van der Waals surface area contributed by atoms with E-state index >= 15 is 0 Å². The number of aliphatic hydroxyl groups excluding tert-OH is 1. The van der Waals surface area contributed by atoms with Crippen LogP contribution in [0.5, 0.6) is 5.75 Å². The van der Waals surface area contributed by atoms with E-state index in [2.05, 4.69) is 0 Å². The molecular formula is C12H14FNO3. The molecule has 5 heteroatoms. The molecule has 0 aliphatic rings. The summed E-state index contributed by atoms with van der Waals surface area (Å²) in [5.74, 6) is -0.604. The van der Waals surface area contributed by atoms with Gasteiger partial charge < -0.3 is 14.6 Å². The fourth-order valence-electron chi connectivity index (χ4n) is 1.18. The lowest BCUT2D eigenvalue weighted by Crippen LogP contribution is -2.23. The largest absolute Gasteiger partial charge is 0.488 e. The summed E-state index contributed by atoms with van der Waals surface area (Å²) < 4.78 is 23.4. The number of hydrogen-bond donors (Lipinski definition) is 1. The van der Waals surface area contributed by atoms with E-state index in [0.29, 0.717) is 6.61 Å². The van der Waals surface area contributed by atoms with Crippen LogP contribution in [0.3, 0.4) is 0 Å². The highest BCUT2D eigenvalue weighted by Crippen LogP contribution is 2.18. The molecule has 0 saturated carbocycles. The molecule has 1 unspecified atom stereocenters. The molecule has 17 heavy (non-hydrogen) atoms. The first-order chi connectivity index (χ1) is 8.17. The highest BCUT2D eigenvalue weighted by Gasteiger charge is 2.08. The van der Waals surface area contributed by atoms with Gasteiger partial charge in [-0.3, -0.25) is 0 Å². The predicted molar refractivity (Wildman–Crippen MR) is 59.1 cm³/mol. The second-order valence-electron chi connectivity index (χ2n) is 3.38. The SMILES string of the molecule is CCOCC(O)COc1ccc(C#N)cc1F. The van der Waals surface area contributed by atoms with Crippen LogP contribution in [0.2, 0.25) is 0 Å². The Morgan fingerprint density at radius 3 is 2.82 bits per heavy atom. The van der Waals surface area contributed by atoms with Crippen LogP contribution in [-0.2, 0) is 4.74 Å². The first kappa shape index (κ1) is 13.4. The van der Waals surface area contributed by atoms with Crippen molar-refractivity contribution >= 4 is 0 Å². The summed E-state index contributed by atoms with van der Waals surface area (Å²) in [4.78, 5) is 0. The quantitative estimate of drug-likeness (QED) is 0.816. The third kappa shape index (κ3) is 4.39. The van der Waals surface area contributed by atoms with Gasteiger partial charge in [0, 0.05) is 6.61 Å². The smallest absolute Gasteiger partial charge is 0.166 e. The van der Waals surface area contributed by atoms with Crippen molar-refractivity contribution in [3.05, 3.63) is 29.6 Å². The highest BCUT2D eigenvalue weighted by molar-refractivity contribution is 5.35. The maximum absolute atomic E-state index is 13.4. The fourth-order valence-corrected chi connectivity index (χ4v) is 1.18. The first-order valence-electron chi connectivity index (χ1n) is 5.25. The average Bonchev–Trinajstić information content (AvgIpc) is 2.34. The Hall–Kier alpha value is -1.64. The van der Waals surface area contributed by atoms with Gasteiger partial charge in [-0.15, -0.1) is 0 Å². The lowest BCUT2D eigenvalue weighted by atomic mass is 10.2. The number of rotatable bonds is 6. The van der Waals surface area contributed by atoms with Gasteiger partial charge in [0.2, 0.25) is 0 Å². The van der Waals surface area contributed by atoms with Crippen LogP contribution in [0.1, 0.15) is 12.5 Å². The van der Waals surface area contributed by atoms with Crippen molar-refractivity contribution < 1.29 is 19.0 Å². The zero-order chi connectivity index (χ0) is 12.7. The summed E-state index contributed by atoms with van der Waals surface area (Å²) in [7, 11) is 0. The summed E-state index contributed by atoms with van der Waals surface area (Å²) >= 11 is 0. The Morgan fingerprint density at radius 1 is 1.47 bits per heavy atom. The molecular weight excluding hydrogens is 225 g/mol.